The lowest BCUT2D eigenvalue weighted by molar-refractivity contribution is -0.115. The Morgan fingerprint density at radius 3 is 3.10 bits per heavy atom. The van der Waals surface area contributed by atoms with Crippen molar-refractivity contribution in [2.45, 2.75) is 19.1 Å². The van der Waals surface area contributed by atoms with E-state index in [-0.39, 0.29) is 12.3 Å². The Labute approximate surface area is 173 Å². The van der Waals surface area contributed by atoms with E-state index in [0.29, 0.717) is 11.4 Å². The number of amides is 1. The number of rotatable bonds is 6. The number of fused-ring (bicyclic) bond motifs is 1. The molecule has 2 N–H and O–H groups in total. The van der Waals surface area contributed by atoms with E-state index in [1.165, 1.54) is 18.1 Å². The fraction of sp³-hybridized carbons (Fsp3) is 0.238. The Kier molecular flexibility index (Phi) is 5.32. The quantitative estimate of drug-likeness (QED) is 0.761. The molecule has 1 unspecified atom stereocenters. The number of nitrogens with zero attached hydrogens (tertiary/aromatic N) is 5. The Balaban J connectivity index is 1.42. The number of nitriles is 1. The summed E-state index contributed by atoms with van der Waals surface area (Å²) in [4.78, 5) is 13.8. The van der Waals surface area contributed by atoms with Gasteiger partial charge in [-0.2, -0.15) is 10.4 Å². The smallest absolute Gasteiger partial charge is 0.229 e. The summed E-state index contributed by atoms with van der Waals surface area (Å²) in [5, 5.41) is 22.3. The maximum absolute atomic E-state index is 12.5. The van der Waals surface area contributed by atoms with Gasteiger partial charge in [0.15, 0.2) is 12.0 Å². The minimum Gasteiger partial charge on any atom is -0.354 e. The topological polar surface area (TPSA) is 108 Å². The zero-order valence-corrected chi connectivity index (χ0v) is 16.7. The molecule has 0 saturated heterocycles. The second-order valence-corrected chi connectivity index (χ2v) is 7.01. The van der Waals surface area contributed by atoms with E-state index in [9.17, 15) is 4.79 Å². The number of ether oxygens (including phenoxy) is 1. The Morgan fingerprint density at radius 2 is 2.30 bits per heavy atom. The highest BCUT2D eigenvalue weighted by atomic mass is 16.5. The van der Waals surface area contributed by atoms with Crippen LogP contribution in [0.1, 0.15) is 30.2 Å². The summed E-state index contributed by atoms with van der Waals surface area (Å²) in [6.45, 7) is 0. The maximum Gasteiger partial charge on any atom is 0.229 e. The fourth-order valence-electron chi connectivity index (χ4n) is 3.48. The number of carbonyl (C=O) groups is 1. The number of benzene rings is 1. The van der Waals surface area contributed by atoms with E-state index in [0.717, 1.165) is 28.8 Å². The van der Waals surface area contributed by atoms with E-state index in [1.54, 1.807) is 18.2 Å². The first-order valence-electron chi connectivity index (χ1n) is 9.41. The number of hydrazine groups is 1. The Bertz CT molecular complexity index is 1110. The van der Waals surface area contributed by atoms with Crippen LogP contribution in [-0.4, -0.2) is 40.1 Å². The van der Waals surface area contributed by atoms with Crippen molar-refractivity contribution >= 4 is 11.7 Å². The van der Waals surface area contributed by atoms with Crippen LogP contribution < -0.4 is 10.7 Å². The summed E-state index contributed by atoms with van der Waals surface area (Å²) in [5.74, 6) is 0.179. The van der Waals surface area contributed by atoms with Crippen molar-refractivity contribution < 1.29 is 9.53 Å². The van der Waals surface area contributed by atoms with Gasteiger partial charge in [0.25, 0.3) is 0 Å². The largest absolute Gasteiger partial charge is 0.354 e. The molecule has 1 aliphatic heterocycles. The number of methoxy groups -OCH3 is 1. The summed E-state index contributed by atoms with van der Waals surface area (Å²) < 4.78 is 5.49. The van der Waals surface area contributed by atoms with E-state index in [4.69, 9.17) is 10.00 Å². The highest BCUT2D eigenvalue weighted by molar-refractivity contribution is 5.91. The lowest BCUT2D eigenvalue weighted by Gasteiger charge is -2.19. The third-order valence-electron chi connectivity index (χ3n) is 4.91. The van der Waals surface area contributed by atoms with Crippen LogP contribution >= 0.6 is 0 Å². The van der Waals surface area contributed by atoms with Gasteiger partial charge in [-0.15, -0.1) is 9.90 Å². The predicted molar refractivity (Wildman–Crippen MR) is 109 cm³/mol. The second kappa shape index (κ2) is 8.23. The molecule has 1 amide bonds. The van der Waals surface area contributed by atoms with Crippen LogP contribution in [-0.2, 0) is 9.53 Å². The molecule has 0 radical (unpaired) electrons. The summed E-state index contributed by atoms with van der Waals surface area (Å²) in [5.41, 5.74) is 7.70. The zero-order chi connectivity index (χ0) is 21.1. The van der Waals surface area contributed by atoms with E-state index >= 15 is 0 Å². The van der Waals surface area contributed by atoms with Crippen molar-refractivity contribution in [1.29, 1.82) is 5.26 Å². The number of aromatic nitrogens is 3. The number of allylic oxidation sites excluding steroid dienone is 3. The SMILES string of the molecule is COC(c1cccc(C#N)c1)n1ncc(NC(=O)CC2=CC=C3C(=CNN3C)C2)n1. The second-order valence-electron chi connectivity index (χ2n) is 7.01. The molecule has 0 spiro atoms. The average molecular weight is 403 g/mol. The molecular formula is C21H21N7O2. The number of hydrogen-bond donors (Lipinski definition) is 2. The maximum atomic E-state index is 12.5. The first-order valence-corrected chi connectivity index (χ1v) is 9.41. The van der Waals surface area contributed by atoms with Crippen molar-refractivity contribution in [3.63, 3.8) is 0 Å². The van der Waals surface area contributed by atoms with Gasteiger partial charge in [-0.05, 0) is 30.2 Å². The van der Waals surface area contributed by atoms with Gasteiger partial charge in [0.05, 0.1) is 23.5 Å². The van der Waals surface area contributed by atoms with Gasteiger partial charge in [-0.3, -0.25) is 9.80 Å². The highest BCUT2D eigenvalue weighted by Crippen LogP contribution is 2.30. The zero-order valence-electron chi connectivity index (χ0n) is 16.7. The molecule has 1 aromatic carbocycles. The minimum atomic E-state index is -0.604. The lowest BCUT2D eigenvalue weighted by atomic mass is 9.96. The third-order valence-corrected chi connectivity index (χ3v) is 4.91. The summed E-state index contributed by atoms with van der Waals surface area (Å²) >= 11 is 0. The van der Waals surface area contributed by atoms with Crippen LogP contribution in [0.15, 0.2) is 65.7 Å². The highest BCUT2D eigenvalue weighted by Gasteiger charge is 2.22. The molecule has 1 aliphatic carbocycles. The molecule has 1 atom stereocenters. The molecule has 152 valence electrons. The summed E-state index contributed by atoms with van der Waals surface area (Å²) in [6, 6.07) is 9.14. The van der Waals surface area contributed by atoms with Gasteiger partial charge in [0, 0.05) is 32.3 Å². The number of likely N-dealkylation sites (N-methyl/N-ethyl adjacent to an activating group) is 1. The van der Waals surface area contributed by atoms with Gasteiger partial charge < -0.3 is 15.5 Å². The van der Waals surface area contributed by atoms with Gasteiger partial charge >= 0.3 is 0 Å². The molecular weight excluding hydrogens is 382 g/mol. The van der Waals surface area contributed by atoms with Crippen LogP contribution in [0.4, 0.5) is 5.82 Å². The van der Waals surface area contributed by atoms with Crippen molar-refractivity contribution in [3.8, 4) is 6.07 Å². The number of carbonyl (C=O) groups excluding carboxylic acids is 1. The minimum absolute atomic E-state index is 0.162. The lowest BCUT2D eigenvalue weighted by Crippen LogP contribution is -2.24. The normalized spacial score (nSPS) is 15.9. The molecule has 9 heteroatoms. The van der Waals surface area contributed by atoms with Crippen LogP contribution in [0.25, 0.3) is 0 Å². The van der Waals surface area contributed by atoms with Gasteiger partial charge in [0.1, 0.15) is 0 Å². The summed E-state index contributed by atoms with van der Waals surface area (Å²) in [7, 11) is 3.49. The Morgan fingerprint density at radius 1 is 1.43 bits per heavy atom. The van der Waals surface area contributed by atoms with Crippen molar-refractivity contribution in [2.24, 2.45) is 0 Å². The molecule has 2 aliphatic rings. The van der Waals surface area contributed by atoms with Crippen LogP contribution in [0, 0.1) is 11.3 Å². The van der Waals surface area contributed by atoms with Crippen molar-refractivity contribution in [3.05, 3.63) is 76.8 Å². The molecule has 2 aromatic rings. The molecule has 30 heavy (non-hydrogen) atoms. The number of anilines is 1. The van der Waals surface area contributed by atoms with Gasteiger partial charge in [-0.1, -0.05) is 23.8 Å². The standard InChI is InChI=1S/C21H21N7O2/c1-27-18-7-6-14(8-17(18)12-23-27)10-20(29)25-19-13-24-28(26-19)21(30-2)16-5-3-4-15(9-16)11-22/h3-7,9,12-13,21,23H,8,10H2,1-2H3,(H,25,26,29). The molecule has 0 fully saturated rings. The molecule has 0 saturated carbocycles. The predicted octanol–water partition coefficient (Wildman–Crippen LogP) is 2.22. The van der Waals surface area contributed by atoms with Crippen LogP contribution in [0.2, 0.25) is 0 Å². The average Bonchev–Trinajstić information content (AvgIpc) is 3.35. The molecule has 2 heterocycles. The van der Waals surface area contributed by atoms with Gasteiger partial charge in [0.2, 0.25) is 5.91 Å². The molecule has 4 rings (SSSR count). The molecule has 0 bridgehead atoms. The monoisotopic (exact) mass is 403 g/mol. The molecule has 9 nitrogen and oxygen atoms in total. The van der Waals surface area contributed by atoms with Crippen molar-refractivity contribution in [2.75, 3.05) is 19.5 Å². The fourth-order valence-corrected chi connectivity index (χ4v) is 3.48. The van der Waals surface area contributed by atoms with Crippen LogP contribution in [0.5, 0.6) is 0 Å². The first-order chi connectivity index (χ1) is 14.6. The molecule has 1 aromatic heterocycles. The number of hydrogen-bond acceptors (Lipinski definition) is 7. The number of nitrogens with one attached hydrogen (secondary N) is 2. The van der Waals surface area contributed by atoms with Crippen molar-refractivity contribution in [1.82, 2.24) is 25.4 Å². The van der Waals surface area contributed by atoms with Gasteiger partial charge in [-0.25, -0.2) is 0 Å². The third kappa shape index (κ3) is 3.94. The van der Waals surface area contributed by atoms with E-state index in [1.807, 2.05) is 36.5 Å². The Hall–Kier alpha value is -3.90. The first kappa shape index (κ1) is 19.4. The summed E-state index contributed by atoms with van der Waals surface area (Å²) in [6.07, 6.45) is 7.81. The van der Waals surface area contributed by atoms with Crippen LogP contribution in [0.3, 0.4) is 0 Å². The van der Waals surface area contributed by atoms with E-state index < -0.39 is 6.23 Å². The van der Waals surface area contributed by atoms with E-state index in [2.05, 4.69) is 27.0 Å².